The molecule has 6 nitrogen and oxygen atoms in total. The van der Waals surface area contributed by atoms with Crippen LogP contribution >= 0.6 is 15.9 Å². The molecule has 1 aromatic carbocycles. The van der Waals surface area contributed by atoms with Gasteiger partial charge in [0.2, 0.25) is 0 Å². The molecule has 0 radical (unpaired) electrons. The number of pyridine rings is 1. The maximum Gasteiger partial charge on any atom is 0.273 e. The third-order valence-corrected chi connectivity index (χ3v) is 3.12. The number of hydrogen-bond donors (Lipinski definition) is 1. The first kappa shape index (κ1) is 15.1. The molecule has 0 saturated heterocycles. The molecule has 21 heavy (non-hydrogen) atoms. The molecule has 0 bridgehead atoms. The number of ether oxygens (including phenoxy) is 1. The van der Waals surface area contributed by atoms with Crippen molar-refractivity contribution in [1.82, 2.24) is 4.98 Å². The van der Waals surface area contributed by atoms with Gasteiger partial charge in [0.25, 0.3) is 11.6 Å². The number of non-ortho nitro benzene ring substituents is 1. The van der Waals surface area contributed by atoms with Crippen molar-refractivity contribution in [2.45, 2.75) is 0 Å². The van der Waals surface area contributed by atoms with Gasteiger partial charge in [0, 0.05) is 19.2 Å². The summed E-state index contributed by atoms with van der Waals surface area (Å²) >= 11 is 3.12. The predicted molar refractivity (Wildman–Crippen MR) is 74.6 cm³/mol. The minimum absolute atomic E-state index is 0.00994. The molecule has 0 saturated carbocycles. The van der Waals surface area contributed by atoms with Gasteiger partial charge < -0.3 is 10.1 Å². The molecule has 0 aliphatic rings. The van der Waals surface area contributed by atoms with E-state index in [-0.39, 0.29) is 17.3 Å². The van der Waals surface area contributed by atoms with E-state index in [0.717, 1.165) is 6.07 Å². The van der Waals surface area contributed by atoms with Crippen LogP contribution in [0.3, 0.4) is 0 Å². The van der Waals surface area contributed by atoms with Crippen molar-refractivity contribution in [3.05, 3.63) is 50.5 Å². The van der Waals surface area contributed by atoms with E-state index in [0.29, 0.717) is 10.5 Å². The number of nitrogens with zero attached hydrogens (tertiary/aromatic N) is 2. The monoisotopic (exact) mass is 359 g/mol. The summed E-state index contributed by atoms with van der Waals surface area (Å²) in [6.07, 6.45) is 0. The average Bonchev–Trinajstić information content (AvgIpc) is 2.43. The molecule has 0 spiro atoms. The number of nitro groups is 1. The van der Waals surface area contributed by atoms with E-state index in [1.165, 1.54) is 19.2 Å². The fraction of sp³-hybridized carbons (Fsp3) is 0.0833. The van der Waals surface area contributed by atoms with E-state index in [4.69, 9.17) is 4.74 Å². The van der Waals surface area contributed by atoms with Crippen molar-refractivity contribution in [1.29, 1.82) is 0 Å². The zero-order chi connectivity index (χ0) is 15.6. The summed E-state index contributed by atoms with van der Waals surface area (Å²) in [4.78, 5) is 13.7. The van der Waals surface area contributed by atoms with Gasteiger partial charge in [-0.15, -0.1) is 0 Å². The Morgan fingerprint density at radius 1 is 1.33 bits per heavy atom. The fourth-order valence-corrected chi connectivity index (χ4v) is 1.81. The smallest absolute Gasteiger partial charge is 0.273 e. The van der Waals surface area contributed by atoms with Crippen molar-refractivity contribution in [2.24, 2.45) is 0 Å². The topological polar surface area (TPSA) is 77.3 Å². The normalized spacial score (nSPS) is 10.3. The van der Waals surface area contributed by atoms with Crippen molar-refractivity contribution < 1.29 is 18.4 Å². The van der Waals surface area contributed by atoms with Crippen LogP contribution in [0.5, 0.6) is 11.6 Å². The lowest BCUT2D eigenvalue weighted by Gasteiger charge is -2.09. The van der Waals surface area contributed by atoms with Crippen molar-refractivity contribution >= 4 is 27.4 Å². The van der Waals surface area contributed by atoms with Gasteiger partial charge >= 0.3 is 0 Å². The van der Waals surface area contributed by atoms with E-state index < -0.39 is 22.4 Å². The van der Waals surface area contributed by atoms with Crippen LogP contribution in [0.25, 0.3) is 0 Å². The second kappa shape index (κ2) is 6.00. The molecule has 1 heterocycles. The first-order valence-electron chi connectivity index (χ1n) is 5.58. The van der Waals surface area contributed by atoms with Crippen LogP contribution in [0, 0.1) is 21.7 Å². The van der Waals surface area contributed by atoms with Crippen LogP contribution in [0.15, 0.2) is 28.7 Å². The van der Waals surface area contributed by atoms with E-state index in [1.54, 1.807) is 0 Å². The van der Waals surface area contributed by atoms with Crippen molar-refractivity contribution in [2.75, 3.05) is 12.4 Å². The average molecular weight is 360 g/mol. The number of benzene rings is 1. The molecule has 0 aliphatic carbocycles. The number of anilines is 1. The maximum absolute atomic E-state index is 13.6. The third kappa shape index (κ3) is 3.24. The number of hydrogen-bond acceptors (Lipinski definition) is 5. The molecule has 2 aromatic rings. The molecular weight excluding hydrogens is 352 g/mol. The lowest BCUT2D eigenvalue weighted by atomic mass is 10.3. The minimum atomic E-state index is -1.02. The Kier molecular flexibility index (Phi) is 4.32. The summed E-state index contributed by atoms with van der Waals surface area (Å²) in [5.74, 6) is -2.61. The Hall–Kier alpha value is -2.29. The predicted octanol–water partition coefficient (Wildman–Crippen LogP) is 3.86. The number of rotatable bonds is 4. The number of halogens is 3. The number of aromatic nitrogens is 1. The molecule has 1 N–H and O–H groups in total. The highest BCUT2D eigenvalue weighted by Gasteiger charge is 2.16. The quantitative estimate of drug-likeness (QED) is 0.662. The zero-order valence-corrected chi connectivity index (χ0v) is 12.1. The lowest BCUT2D eigenvalue weighted by molar-refractivity contribution is -0.384. The summed E-state index contributed by atoms with van der Waals surface area (Å²) in [7, 11) is 1.41. The van der Waals surface area contributed by atoms with E-state index in [1.807, 2.05) is 0 Å². The molecular formula is C12H8BrF2N3O3. The summed E-state index contributed by atoms with van der Waals surface area (Å²) in [6, 6.07) is 4.35. The number of nitrogens with one attached hydrogen (secondary N) is 1. The Balaban J connectivity index is 2.42. The highest BCUT2D eigenvalue weighted by atomic mass is 79.9. The Morgan fingerprint density at radius 2 is 2.05 bits per heavy atom. The van der Waals surface area contributed by atoms with E-state index >= 15 is 0 Å². The van der Waals surface area contributed by atoms with Gasteiger partial charge in [-0.05, 0) is 22.0 Å². The van der Waals surface area contributed by atoms with Gasteiger partial charge in [-0.3, -0.25) is 10.1 Å². The highest BCUT2D eigenvalue weighted by molar-refractivity contribution is 9.10. The van der Waals surface area contributed by atoms with Gasteiger partial charge in [-0.25, -0.2) is 8.78 Å². The molecule has 0 fully saturated rings. The standard InChI is InChI=1S/C12H8BrF2N3O3/c1-16-11-8(14)5-9(15)12(17-11)21-10-4-6(18(19)20)2-3-7(10)13/h2-5H,1H3,(H,16,17). The van der Waals surface area contributed by atoms with Crippen LogP contribution in [-0.2, 0) is 0 Å². The van der Waals surface area contributed by atoms with E-state index in [2.05, 4.69) is 26.2 Å². The maximum atomic E-state index is 13.6. The van der Waals surface area contributed by atoms with Gasteiger partial charge in [0.15, 0.2) is 23.2 Å². The van der Waals surface area contributed by atoms with Crippen LogP contribution in [0.1, 0.15) is 0 Å². The summed E-state index contributed by atoms with van der Waals surface area (Å²) in [5.41, 5.74) is -0.232. The first-order valence-corrected chi connectivity index (χ1v) is 6.37. The van der Waals surface area contributed by atoms with Crippen LogP contribution < -0.4 is 10.1 Å². The fourth-order valence-electron chi connectivity index (χ4n) is 1.48. The molecule has 1 aromatic heterocycles. The second-order valence-electron chi connectivity index (χ2n) is 3.83. The second-order valence-corrected chi connectivity index (χ2v) is 4.68. The molecule has 0 unspecified atom stereocenters. The Labute approximate surface area is 126 Å². The molecule has 2 rings (SSSR count). The van der Waals surface area contributed by atoms with Crippen LogP contribution in [0.2, 0.25) is 0 Å². The largest absolute Gasteiger partial charge is 0.435 e. The van der Waals surface area contributed by atoms with Gasteiger partial charge in [0.1, 0.15) is 0 Å². The molecule has 110 valence electrons. The minimum Gasteiger partial charge on any atom is -0.435 e. The lowest BCUT2D eigenvalue weighted by Crippen LogP contribution is -2.01. The number of nitro benzene ring substituents is 1. The van der Waals surface area contributed by atoms with E-state index in [9.17, 15) is 18.9 Å². The SMILES string of the molecule is CNc1nc(Oc2cc([N+](=O)[O-])ccc2Br)c(F)cc1F. The summed E-state index contributed by atoms with van der Waals surface area (Å²) in [5, 5.41) is 13.2. The molecule has 0 aliphatic heterocycles. The zero-order valence-electron chi connectivity index (χ0n) is 10.6. The first-order chi connectivity index (χ1) is 9.92. The molecule has 0 atom stereocenters. The Bertz CT molecular complexity index is 712. The van der Waals surface area contributed by atoms with Crippen molar-refractivity contribution in [3.63, 3.8) is 0 Å². The Morgan fingerprint density at radius 3 is 2.67 bits per heavy atom. The van der Waals surface area contributed by atoms with Gasteiger partial charge in [0.05, 0.1) is 15.5 Å². The van der Waals surface area contributed by atoms with Crippen LogP contribution in [-0.4, -0.2) is 17.0 Å². The van der Waals surface area contributed by atoms with Crippen molar-refractivity contribution in [3.8, 4) is 11.6 Å². The highest BCUT2D eigenvalue weighted by Crippen LogP contribution is 2.34. The summed E-state index contributed by atoms with van der Waals surface area (Å²) < 4.78 is 32.5. The van der Waals surface area contributed by atoms with Gasteiger partial charge in [-0.1, -0.05) is 0 Å². The molecule has 9 heteroatoms. The van der Waals surface area contributed by atoms with Crippen LogP contribution in [0.4, 0.5) is 20.3 Å². The molecule has 0 amide bonds. The van der Waals surface area contributed by atoms with Gasteiger partial charge in [-0.2, -0.15) is 4.98 Å². The summed E-state index contributed by atoms with van der Waals surface area (Å²) in [6.45, 7) is 0. The third-order valence-electron chi connectivity index (χ3n) is 2.47.